The summed E-state index contributed by atoms with van der Waals surface area (Å²) in [6.07, 6.45) is 0. The Bertz CT molecular complexity index is 431. The fourth-order valence-electron chi connectivity index (χ4n) is 1.05. The summed E-state index contributed by atoms with van der Waals surface area (Å²) in [6, 6.07) is 0. The first-order valence-corrected chi connectivity index (χ1v) is 5.21. The van der Waals surface area contributed by atoms with Crippen molar-refractivity contribution in [3.8, 4) is 0 Å². The molecular weight excluding hydrogens is 228 g/mol. The number of hydrogen-bond acceptors (Lipinski definition) is 4. The first-order chi connectivity index (χ1) is 7.25. The van der Waals surface area contributed by atoms with Crippen LogP contribution in [0.2, 0.25) is 5.15 Å². The largest absolute Gasteiger partial charge is 0.368 e. The number of nitrogens with zero attached hydrogens (tertiary/aromatic N) is 2. The molecule has 5 nitrogen and oxygen atoms in total. The topological polar surface area (TPSA) is 80.9 Å². The number of primary amides is 1. The van der Waals surface area contributed by atoms with Gasteiger partial charge in [-0.15, -0.1) is 10.2 Å². The monoisotopic (exact) mass is 242 g/mol. The van der Waals surface area contributed by atoms with E-state index in [4.69, 9.17) is 17.3 Å². The van der Waals surface area contributed by atoms with Crippen molar-refractivity contribution in [3.05, 3.63) is 16.3 Å². The summed E-state index contributed by atoms with van der Waals surface area (Å²) in [5.41, 5.74) is 6.07. The molecule has 1 aromatic rings. The average molecular weight is 243 g/mol. The summed E-state index contributed by atoms with van der Waals surface area (Å²) < 4.78 is 0. The molecule has 0 spiro atoms. The second-order valence-electron chi connectivity index (χ2n) is 4.20. The third-order valence-corrected chi connectivity index (χ3v) is 2.87. The van der Waals surface area contributed by atoms with Crippen molar-refractivity contribution in [1.82, 2.24) is 10.2 Å². The van der Waals surface area contributed by atoms with Crippen LogP contribution in [0.3, 0.4) is 0 Å². The van der Waals surface area contributed by atoms with E-state index in [-0.39, 0.29) is 0 Å². The van der Waals surface area contributed by atoms with E-state index in [1.807, 2.05) is 13.8 Å². The predicted molar refractivity (Wildman–Crippen MR) is 63.4 cm³/mol. The summed E-state index contributed by atoms with van der Waals surface area (Å²) in [5.74, 6) is 0.0620. The van der Waals surface area contributed by atoms with E-state index >= 15 is 0 Å². The van der Waals surface area contributed by atoms with Gasteiger partial charge in [0.1, 0.15) is 5.54 Å². The van der Waals surface area contributed by atoms with Crippen molar-refractivity contribution < 1.29 is 4.79 Å². The highest BCUT2D eigenvalue weighted by molar-refractivity contribution is 6.30. The van der Waals surface area contributed by atoms with Crippen LogP contribution in [0.25, 0.3) is 0 Å². The first-order valence-electron chi connectivity index (χ1n) is 4.83. The van der Waals surface area contributed by atoms with Crippen LogP contribution >= 0.6 is 11.6 Å². The minimum Gasteiger partial charge on any atom is -0.368 e. The molecule has 0 aliphatic rings. The molecule has 0 aliphatic heterocycles. The van der Waals surface area contributed by atoms with E-state index in [2.05, 4.69) is 15.5 Å². The van der Waals surface area contributed by atoms with Gasteiger partial charge >= 0.3 is 0 Å². The first kappa shape index (κ1) is 12.7. The van der Waals surface area contributed by atoms with E-state index < -0.39 is 11.4 Å². The number of amides is 1. The quantitative estimate of drug-likeness (QED) is 0.840. The van der Waals surface area contributed by atoms with Crippen molar-refractivity contribution in [2.75, 3.05) is 5.32 Å². The Morgan fingerprint density at radius 1 is 1.31 bits per heavy atom. The highest BCUT2D eigenvalue weighted by Gasteiger charge is 2.26. The Kier molecular flexibility index (Phi) is 3.38. The fraction of sp³-hybridized carbons (Fsp3) is 0.500. The van der Waals surface area contributed by atoms with Gasteiger partial charge in [-0.1, -0.05) is 11.6 Å². The maximum absolute atomic E-state index is 11.2. The van der Waals surface area contributed by atoms with Crippen LogP contribution in [-0.2, 0) is 4.79 Å². The van der Waals surface area contributed by atoms with Crippen LogP contribution in [0.4, 0.5) is 5.82 Å². The lowest BCUT2D eigenvalue weighted by atomic mass is 10.0. The molecule has 0 bridgehead atoms. The molecule has 6 heteroatoms. The summed E-state index contributed by atoms with van der Waals surface area (Å²) in [5, 5.41) is 11.0. The zero-order valence-electron chi connectivity index (χ0n) is 9.76. The van der Waals surface area contributed by atoms with Crippen molar-refractivity contribution in [2.24, 2.45) is 5.73 Å². The van der Waals surface area contributed by atoms with Gasteiger partial charge in [-0.05, 0) is 38.8 Å². The van der Waals surface area contributed by atoms with Gasteiger partial charge in [0.25, 0.3) is 0 Å². The van der Waals surface area contributed by atoms with Crippen LogP contribution in [0.1, 0.15) is 25.0 Å². The highest BCUT2D eigenvalue weighted by Crippen LogP contribution is 2.22. The number of carbonyl (C=O) groups is 1. The Hall–Kier alpha value is -1.36. The van der Waals surface area contributed by atoms with Gasteiger partial charge in [0.15, 0.2) is 11.0 Å². The van der Waals surface area contributed by atoms with Crippen LogP contribution in [0.5, 0.6) is 0 Å². The van der Waals surface area contributed by atoms with Gasteiger partial charge in [-0.2, -0.15) is 0 Å². The van der Waals surface area contributed by atoms with Gasteiger partial charge in [0.05, 0.1) is 0 Å². The third kappa shape index (κ3) is 2.41. The lowest BCUT2D eigenvalue weighted by Crippen LogP contribution is -2.45. The number of anilines is 1. The molecule has 1 amide bonds. The summed E-state index contributed by atoms with van der Waals surface area (Å²) in [4.78, 5) is 11.2. The number of nitrogens with one attached hydrogen (secondary N) is 1. The molecule has 0 saturated heterocycles. The Balaban J connectivity index is 3.08. The number of carbonyl (C=O) groups excluding carboxylic acids is 1. The molecule has 0 aliphatic carbocycles. The summed E-state index contributed by atoms with van der Waals surface area (Å²) in [6.45, 7) is 7.06. The van der Waals surface area contributed by atoms with E-state index in [1.165, 1.54) is 0 Å². The number of rotatable bonds is 3. The van der Waals surface area contributed by atoms with Crippen LogP contribution in [0.15, 0.2) is 0 Å². The van der Waals surface area contributed by atoms with Gasteiger partial charge in [-0.25, -0.2) is 0 Å². The number of nitrogens with two attached hydrogens (primary N) is 1. The zero-order valence-corrected chi connectivity index (χ0v) is 10.5. The molecule has 1 rings (SSSR count). The van der Waals surface area contributed by atoms with Crippen molar-refractivity contribution >= 4 is 23.3 Å². The highest BCUT2D eigenvalue weighted by atomic mass is 35.5. The molecule has 3 N–H and O–H groups in total. The lowest BCUT2D eigenvalue weighted by molar-refractivity contribution is -0.121. The van der Waals surface area contributed by atoms with Gasteiger partial charge < -0.3 is 11.1 Å². The van der Waals surface area contributed by atoms with Gasteiger partial charge in [0.2, 0.25) is 5.91 Å². The fourth-order valence-corrected chi connectivity index (χ4v) is 1.23. The third-order valence-electron chi connectivity index (χ3n) is 2.51. The van der Waals surface area contributed by atoms with Crippen molar-refractivity contribution in [3.63, 3.8) is 0 Å². The molecule has 0 fully saturated rings. The smallest absolute Gasteiger partial charge is 0.242 e. The van der Waals surface area contributed by atoms with E-state index in [0.29, 0.717) is 11.0 Å². The number of halogens is 1. The van der Waals surface area contributed by atoms with Crippen molar-refractivity contribution in [1.29, 1.82) is 0 Å². The minimum absolute atomic E-state index is 0.361. The van der Waals surface area contributed by atoms with Gasteiger partial charge in [-0.3, -0.25) is 4.79 Å². The molecule has 0 radical (unpaired) electrons. The van der Waals surface area contributed by atoms with Crippen molar-refractivity contribution in [2.45, 2.75) is 33.2 Å². The molecule has 1 aromatic heterocycles. The molecule has 0 aromatic carbocycles. The normalized spacial score (nSPS) is 11.3. The molecule has 0 atom stereocenters. The Morgan fingerprint density at radius 3 is 2.38 bits per heavy atom. The molecular formula is C10H15ClN4O. The minimum atomic E-state index is -0.875. The molecule has 16 heavy (non-hydrogen) atoms. The lowest BCUT2D eigenvalue weighted by Gasteiger charge is -2.24. The molecule has 0 saturated carbocycles. The second kappa shape index (κ2) is 4.25. The second-order valence-corrected chi connectivity index (χ2v) is 4.56. The van der Waals surface area contributed by atoms with E-state index in [0.717, 1.165) is 11.1 Å². The molecule has 88 valence electrons. The maximum atomic E-state index is 11.2. The molecule has 1 heterocycles. The zero-order chi connectivity index (χ0) is 12.5. The SMILES string of the molecule is Cc1c(Cl)nnc(NC(C)(C)C(N)=O)c1C. The Labute approximate surface area is 99.4 Å². The predicted octanol–water partition coefficient (Wildman–Crippen LogP) is 1.42. The summed E-state index contributed by atoms with van der Waals surface area (Å²) in [7, 11) is 0. The van der Waals surface area contributed by atoms with E-state index in [9.17, 15) is 4.79 Å². The number of hydrogen-bond donors (Lipinski definition) is 2. The van der Waals surface area contributed by atoms with Crippen LogP contribution in [0, 0.1) is 13.8 Å². The van der Waals surface area contributed by atoms with Crippen LogP contribution in [-0.4, -0.2) is 21.6 Å². The average Bonchev–Trinajstić information content (AvgIpc) is 2.19. The van der Waals surface area contributed by atoms with Crippen LogP contribution < -0.4 is 11.1 Å². The van der Waals surface area contributed by atoms with E-state index in [1.54, 1.807) is 13.8 Å². The summed E-state index contributed by atoms with van der Waals surface area (Å²) >= 11 is 5.83. The Morgan fingerprint density at radius 2 is 1.88 bits per heavy atom. The number of aromatic nitrogens is 2. The molecule has 0 unspecified atom stereocenters. The maximum Gasteiger partial charge on any atom is 0.242 e. The standard InChI is InChI=1S/C10H15ClN4O/c1-5-6(2)8(15-14-7(5)11)13-10(3,4)9(12)16/h1-4H3,(H2,12,16)(H,13,15). The van der Waals surface area contributed by atoms with Gasteiger partial charge in [0, 0.05) is 0 Å².